The van der Waals surface area contributed by atoms with Crippen LogP contribution in [0.1, 0.15) is 32.1 Å². The maximum atomic E-state index is 5.96. The lowest BCUT2D eigenvalue weighted by Crippen LogP contribution is -2.29. The van der Waals surface area contributed by atoms with Crippen LogP contribution in [0.2, 0.25) is 0 Å². The molecule has 0 aromatic rings. The molecule has 3 atom stereocenters. The lowest BCUT2D eigenvalue weighted by Gasteiger charge is -2.30. The van der Waals surface area contributed by atoms with E-state index in [0.29, 0.717) is 6.04 Å². The number of nitrogens with two attached hydrogens (primary N) is 1. The third-order valence-electron chi connectivity index (χ3n) is 3.31. The van der Waals surface area contributed by atoms with Crippen molar-refractivity contribution in [2.75, 3.05) is 0 Å². The van der Waals surface area contributed by atoms with Crippen molar-refractivity contribution in [2.45, 2.75) is 38.1 Å². The fourth-order valence-electron chi connectivity index (χ4n) is 2.51. The van der Waals surface area contributed by atoms with Crippen molar-refractivity contribution in [1.29, 1.82) is 0 Å². The quantitative estimate of drug-likeness (QED) is 0.612. The zero-order chi connectivity index (χ0) is 9.10. The molecule has 2 rings (SSSR count). The average molecular weight is 177 g/mol. The van der Waals surface area contributed by atoms with Crippen molar-refractivity contribution in [1.82, 2.24) is 0 Å². The van der Waals surface area contributed by atoms with Gasteiger partial charge in [0.1, 0.15) is 0 Å². The SMILES string of the molecule is NC1CC=CC(C2CC=CCC2)C1. The Kier molecular flexibility index (Phi) is 2.84. The molecule has 1 nitrogen and oxygen atoms in total. The summed E-state index contributed by atoms with van der Waals surface area (Å²) in [5.74, 6) is 1.63. The summed E-state index contributed by atoms with van der Waals surface area (Å²) in [7, 11) is 0. The molecule has 2 aliphatic rings. The Balaban J connectivity index is 1.95. The Morgan fingerprint density at radius 1 is 1.08 bits per heavy atom. The maximum Gasteiger partial charge on any atom is 0.00791 e. The smallest absolute Gasteiger partial charge is 0.00791 e. The molecule has 0 aromatic heterocycles. The highest BCUT2D eigenvalue weighted by Gasteiger charge is 2.23. The monoisotopic (exact) mass is 177 g/mol. The minimum absolute atomic E-state index is 0.418. The third kappa shape index (κ3) is 2.22. The second-order valence-corrected chi connectivity index (χ2v) is 4.37. The van der Waals surface area contributed by atoms with E-state index < -0.39 is 0 Å². The molecule has 3 unspecified atom stereocenters. The maximum absolute atomic E-state index is 5.96. The molecule has 2 N–H and O–H groups in total. The Morgan fingerprint density at radius 2 is 2.00 bits per heavy atom. The van der Waals surface area contributed by atoms with Crippen LogP contribution >= 0.6 is 0 Å². The predicted molar refractivity (Wildman–Crippen MR) is 56.3 cm³/mol. The number of rotatable bonds is 1. The van der Waals surface area contributed by atoms with E-state index in [1.807, 2.05) is 0 Å². The predicted octanol–water partition coefficient (Wildman–Crippen LogP) is 2.64. The first-order chi connectivity index (χ1) is 6.36. The van der Waals surface area contributed by atoms with Crippen molar-refractivity contribution in [3.8, 4) is 0 Å². The van der Waals surface area contributed by atoms with Gasteiger partial charge >= 0.3 is 0 Å². The van der Waals surface area contributed by atoms with E-state index in [-0.39, 0.29) is 0 Å². The zero-order valence-electron chi connectivity index (χ0n) is 8.15. The van der Waals surface area contributed by atoms with Gasteiger partial charge < -0.3 is 5.73 Å². The zero-order valence-corrected chi connectivity index (χ0v) is 8.15. The van der Waals surface area contributed by atoms with E-state index >= 15 is 0 Å². The van der Waals surface area contributed by atoms with E-state index in [4.69, 9.17) is 5.73 Å². The van der Waals surface area contributed by atoms with E-state index in [2.05, 4.69) is 24.3 Å². The van der Waals surface area contributed by atoms with Gasteiger partial charge in [0.15, 0.2) is 0 Å². The number of hydrogen-bond donors (Lipinski definition) is 1. The van der Waals surface area contributed by atoms with Gasteiger partial charge in [-0.2, -0.15) is 0 Å². The van der Waals surface area contributed by atoms with Crippen molar-refractivity contribution in [3.63, 3.8) is 0 Å². The molecule has 72 valence electrons. The molecule has 0 amide bonds. The van der Waals surface area contributed by atoms with Crippen LogP contribution in [-0.4, -0.2) is 6.04 Å². The lowest BCUT2D eigenvalue weighted by atomic mass is 9.77. The van der Waals surface area contributed by atoms with E-state index in [1.54, 1.807) is 0 Å². The van der Waals surface area contributed by atoms with Crippen LogP contribution in [0, 0.1) is 11.8 Å². The van der Waals surface area contributed by atoms with E-state index in [0.717, 1.165) is 18.3 Å². The summed E-state index contributed by atoms with van der Waals surface area (Å²) in [6, 6.07) is 0.418. The van der Waals surface area contributed by atoms with Gasteiger partial charge in [-0.15, -0.1) is 0 Å². The Bertz CT molecular complexity index is 217. The molecule has 2 aliphatic carbocycles. The summed E-state index contributed by atoms with van der Waals surface area (Å²) >= 11 is 0. The van der Waals surface area contributed by atoms with Crippen LogP contribution in [0.5, 0.6) is 0 Å². The van der Waals surface area contributed by atoms with Gasteiger partial charge in [-0.25, -0.2) is 0 Å². The summed E-state index contributed by atoms with van der Waals surface area (Å²) in [6.45, 7) is 0. The topological polar surface area (TPSA) is 26.0 Å². The molecule has 0 aliphatic heterocycles. The molecule has 0 fully saturated rings. The second kappa shape index (κ2) is 4.10. The van der Waals surface area contributed by atoms with Gasteiger partial charge in [-0.3, -0.25) is 0 Å². The van der Waals surface area contributed by atoms with Crippen LogP contribution in [0.15, 0.2) is 24.3 Å². The molecule has 0 saturated carbocycles. The molecule has 0 aromatic carbocycles. The fourth-order valence-corrected chi connectivity index (χ4v) is 2.51. The molecule has 0 radical (unpaired) electrons. The van der Waals surface area contributed by atoms with Gasteiger partial charge in [-0.05, 0) is 43.9 Å². The highest BCUT2D eigenvalue weighted by Crippen LogP contribution is 2.32. The van der Waals surface area contributed by atoms with Crippen LogP contribution < -0.4 is 5.73 Å². The molecular weight excluding hydrogens is 158 g/mol. The molecule has 0 saturated heterocycles. The number of allylic oxidation sites excluding steroid dienone is 3. The van der Waals surface area contributed by atoms with Gasteiger partial charge in [-0.1, -0.05) is 24.3 Å². The standard InChI is InChI=1S/C12H19N/c13-12-8-4-7-11(9-12)10-5-2-1-3-6-10/h1-2,4,7,10-12H,3,5-6,8-9,13H2. The molecule has 0 spiro atoms. The lowest BCUT2D eigenvalue weighted by molar-refractivity contribution is 0.317. The first-order valence-corrected chi connectivity index (χ1v) is 5.43. The van der Waals surface area contributed by atoms with E-state index in [9.17, 15) is 0 Å². The van der Waals surface area contributed by atoms with Gasteiger partial charge in [0.05, 0.1) is 0 Å². The van der Waals surface area contributed by atoms with Crippen molar-refractivity contribution in [2.24, 2.45) is 17.6 Å². The highest BCUT2D eigenvalue weighted by atomic mass is 14.6. The summed E-state index contributed by atoms with van der Waals surface area (Å²) in [5.41, 5.74) is 5.96. The van der Waals surface area contributed by atoms with Gasteiger partial charge in [0.25, 0.3) is 0 Å². The molecule has 1 heteroatoms. The summed E-state index contributed by atoms with van der Waals surface area (Å²) in [4.78, 5) is 0. The van der Waals surface area contributed by atoms with Crippen LogP contribution in [0.25, 0.3) is 0 Å². The first-order valence-electron chi connectivity index (χ1n) is 5.43. The second-order valence-electron chi connectivity index (χ2n) is 4.37. The van der Waals surface area contributed by atoms with Gasteiger partial charge in [0.2, 0.25) is 0 Å². The fraction of sp³-hybridized carbons (Fsp3) is 0.667. The first kappa shape index (κ1) is 9.01. The largest absolute Gasteiger partial charge is 0.327 e. The number of hydrogen-bond acceptors (Lipinski definition) is 1. The van der Waals surface area contributed by atoms with Crippen molar-refractivity contribution in [3.05, 3.63) is 24.3 Å². The summed E-state index contributed by atoms with van der Waals surface area (Å²) < 4.78 is 0. The summed E-state index contributed by atoms with van der Waals surface area (Å²) in [5, 5.41) is 0. The normalized spacial score (nSPS) is 39.3. The molecule has 0 bridgehead atoms. The Morgan fingerprint density at radius 3 is 2.69 bits per heavy atom. The van der Waals surface area contributed by atoms with Crippen LogP contribution in [0.4, 0.5) is 0 Å². The molecular formula is C12H19N. The van der Waals surface area contributed by atoms with Gasteiger partial charge in [0, 0.05) is 6.04 Å². The summed E-state index contributed by atoms with van der Waals surface area (Å²) in [6.07, 6.45) is 15.5. The third-order valence-corrected chi connectivity index (χ3v) is 3.31. The van der Waals surface area contributed by atoms with Crippen molar-refractivity contribution < 1.29 is 0 Å². The van der Waals surface area contributed by atoms with Crippen LogP contribution in [0.3, 0.4) is 0 Å². The minimum atomic E-state index is 0.418. The Hall–Kier alpha value is -0.560. The van der Waals surface area contributed by atoms with E-state index in [1.165, 1.54) is 25.7 Å². The van der Waals surface area contributed by atoms with Crippen LogP contribution in [-0.2, 0) is 0 Å². The molecule has 0 heterocycles. The Labute approximate surface area is 80.7 Å². The molecule has 13 heavy (non-hydrogen) atoms. The average Bonchev–Trinajstić information content (AvgIpc) is 2.19. The van der Waals surface area contributed by atoms with Crippen molar-refractivity contribution >= 4 is 0 Å². The minimum Gasteiger partial charge on any atom is -0.327 e. The highest BCUT2D eigenvalue weighted by molar-refractivity contribution is 5.03.